The number of aliphatic hydroxyl groups is 1. The van der Waals surface area contributed by atoms with Gasteiger partial charge in [0.05, 0.1) is 18.1 Å². The molecule has 1 aromatic rings. The number of H-pyrrole nitrogens is 1. The van der Waals surface area contributed by atoms with E-state index in [0.717, 1.165) is 12.3 Å². The Hall–Kier alpha value is -3.32. The first-order valence-corrected chi connectivity index (χ1v) is 12.3. The van der Waals surface area contributed by atoms with E-state index in [9.17, 15) is 39.3 Å². The zero-order valence-corrected chi connectivity index (χ0v) is 21.0. The van der Waals surface area contributed by atoms with Gasteiger partial charge >= 0.3 is 5.97 Å². The summed E-state index contributed by atoms with van der Waals surface area (Å²) in [5.74, 6) is -4.20. The number of thioether (sulfide) groups is 1. The number of pyridine rings is 1. The first kappa shape index (κ1) is 25.8. The maximum Gasteiger partial charge on any atom is 0.353 e. The summed E-state index contributed by atoms with van der Waals surface area (Å²) >= 11 is 1.22. The van der Waals surface area contributed by atoms with Gasteiger partial charge in [-0.05, 0) is 13.3 Å². The second-order valence-electron chi connectivity index (χ2n) is 9.55. The van der Waals surface area contributed by atoms with Crippen LogP contribution in [0, 0.1) is 11.8 Å². The molecule has 1 aromatic heterocycles. The van der Waals surface area contributed by atoms with Crippen LogP contribution in [0.5, 0.6) is 5.75 Å². The quantitative estimate of drug-likeness (QED) is 0.366. The number of aromatic amines is 1. The summed E-state index contributed by atoms with van der Waals surface area (Å²) in [6, 6.07) is -0.352. The molecule has 194 valence electrons. The van der Waals surface area contributed by atoms with Crippen molar-refractivity contribution in [3.63, 3.8) is 0 Å². The number of carboxylic acids is 1. The molecule has 4 heterocycles. The molecule has 4 rings (SSSR count). The van der Waals surface area contributed by atoms with Gasteiger partial charge < -0.3 is 35.0 Å². The highest BCUT2D eigenvalue weighted by molar-refractivity contribution is 8.03. The summed E-state index contributed by atoms with van der Waals surface area (Å²) in [7, 11) is 3.12. The number of hydrogen-bond donors (Lipinski definition) is 4. The number of likely N-dealkylation sites (tertiary alicyclic amines) is 1. The van der Waals surface area contributed by atoms with Crippen LogP contribution in [0.1, 0.15) is 30.8 Å². The number of hydrogen-bond acceptors (Lipinski definition) is 8. The number of fused-ring (bicyclic) bond motifs is 1. The van der Waals surface area contributed by atoms with Gasteiger partial charge in [0.15, 0.2) is 5.75 Å². The number of rotatable bonds is 6. The summed E-state index contributed by atoms with van der Waals surface area (Å²) < 4.78 is 0. The zero-order chi connectivity index (χ0) is 26.6. The van der Waals surface area contributed by atoms with Crippen LogP contribution in [0.25, 0.3) is 0 Å². The number of β-lactam (4-membered cyclic amide) rings is 1. The molecule has 36 heavy (non-hydrogen) atoms. The van der Waals surface area contributed by atoms with Gasteiger partial charge in [0.2, 0.25) is 17.2 Å². The van der Waals surface area contributed by atoms with Gasteiger partial charge in [-0.1, -0.05) is 6.92 Å². The largest absolute Gasteiger partial charge is 0.503 e. The number of aliphatic hydroxyl groups excluding tert-OH is 1. The third kappa shape index (κ3) is 4.05. The van der Waals surface area contributed by atoms with E-state index in [-0.39, 0.29) is 41.4 Å². The fraction of sp³-hybridized carbons (Fsp3) is 0.522. The highest BCUT2D eigenvalue weighted by atomic mass is 32.2. The fourth-order valence-electron chi connectivity index (χ4n) is 5.24. The maximum atomic E-state index is 13.3. The lowest BCUT2D eigenvalue weighted by atomic mass is 9.79. The molecule has 3 amide bonds. The van der Waals surface area contributed by atoms with Crippen molar-refractivity contribution in [2.24, 2.45) is 11.8 Å². The number of aromatic nitrogens is 1. The molecule has 2 saturated heterocycles. The van der Waals surface area contributed by atoms with Crippen LogP contribution < -0.4 is 5.43 Å². The molecule has 0 aliphatic carbocycles. The van der Waals surface area contributed by atoms with Gasteiger partial charge in [0.25, 0.3) is 5.91 Å². The summed E-state index contributed by atoms with van der Waals surface area (Å²) in [5.41, 5.74) is -0.952. The molecule has 4 N–H and O–H groups in total. The van der Waals surface area contributed by atoms with Crippen molar-refractivity contribution in [2.45, 2.75) is 43.7 Å². The molecule has 0 spiro atoms. The van der Waals surface area contributed by atoms with E-state index < -0.39 is 53.1 Å². The van der Waals surface area contributed by atoms with Gasteiger partial charge in [0, 0.05) is 49.0 Å². The lowest BCUT2D eigenvalue weighted by molar-refractivity contribution is -0.163. The second kappa shape index (κ2) is 9.28. The van der Waals surface area contributed by atoms with Gasteiger partial charge in [-0.3, -0.25) is 19.2 Å². The minimum absolute atomic E-state index is 0.0887. The number of carbonyl (C=O) groups excluding carboxylic acids is 3. The van der Waals surface area contributed by atoms with Gasteiger partial charge in [-0.2, -0.15) is 0 Å². The summed E-state index contributed by atoms with van der Waals surface area (Å²) in [4.78, 5) is 69.7. The van der Waals surface area contributed by atoms with Crippen LogP contribution >= 0.6 is 11.8 Å². The van der Waals surface area contributed by atoms with Crippen LogP contribution in [0.4, 0.5) is 0 Å². The van der Waals surface area contributed by atoms with Crippen molar-refractivity contribution in [3.8, 4) is 5.75 Å². The van der Waals surface area contributed by atoms with Crippen LogP contribution in [0.2, 0.25) is 0 Å². The molecule has 6 atom stereocenters. The van der Waals surface area contributed by atoms with Crippen LogP contribution in [-0.2, 0) is 14.4 Å². The Balaban J connectivity index is 1.63. The molecule has 13 heteroatoms. The predicted octanol–water partition coefficient (Wildman–Crippen LogP) is -0.361. The first-order valence-electron chi connectivity index (χ1n) is 11.4. The second-order valence-corrected chi connectivity index (χ2v) is 10.9. The number of aliphatic carboxylic acids is 1. The minimum Gasteiger partial charge on any atom is -0.503 e. The molecule has 0 saturated carbocycles. The van der Waals surface area contributed by atoms with Crippen molar-refractivity contribution in [1.82, 2.24) is 19.7 Å². The molecule has 3 aliphatic rings. The van der Waals surface area contributed by atoms with E-state index in [4.69, 9.17) is 0 Å². The van der Waals surface area contributed by atoms with Crippen LogP contribution in [0.15, 0.2) is 27.7 Å². The monoisotopic (exact) mass is 520 g/mol. The molecule has 0 radical (unpaired) electrons. The van der Waals surface area contributed by atoms with Crippen molar-refractivity contribution >= 4 is 35.5 Å². The Labute approximate surface area is 210 Å². The van der Waals surface area contributed by atoms with E-state index in [1.165, 1.54) is 33.4 Å². The van der Waals surface area contributed by atoms with E-state index in [1.54, 1.807) is 21.0 Å². The van der Waals surface area contributed by atoms with Crippen molar-refractivity contribution in [2.75, 3.05) is 20.6 Å². The van der Waals surface area contributed by atoms with Gasteiger partial charge in [-0.25, -0.2) is 4.79 Å². The third-order valence-electron chi connectivity index (χ3n) is 6.98. The van der Waals surface area contributed by atoms with E-state index >= 15 is 0 Å². The molecule has 12 nitrogen and oxygen atoms in total. The molecule has 2 fully saturated rings. The molecule has 0 aromatic carbocycles. The summed E-state index contributed by atoms with van der Waals surface area (Å²) in [6.45, 7) is 3.40. The molecular formula is C23H28N4O8S. The first-order chi connectivity index (χ1) is 16.8. The summed E-state index contributed by atoms with van der Waals surface area (Å²) in [5, 5.41) is 29.1. The molecule has 0 unspecified atom stereocenters. The zero-order valence-electron chi connectivity index (χ0n) is 20.2. The average Bonchev–Trinajstić information content (AvgIpc) is 3.32. The number of nitrogens with one attached hydrogen (secondary N) is 1. The Morgan fingerprint density at radius 1 is 1.25 bits per heavy atom. The highest BCUT2D eigenvalue weighted by Crippen LogP contribution is 2.52. The normalized spacial score (nSPS) is 28.1. The number of carboxylic acid groups (broad SMARTS) is 1. The Morgan fingerprint density at radius 3 is 2.47 bits per heavy atom. The predicted molar refractivity (Wildman–Crippen MR) is 128 cm³/mol. The average molecular weight is 521 g/mol. The molecule has 0 bridgehead atoms. The van der Waals surface area contributed by atoms with Gasteiger partial charge in [0.1, 0.15) is 17.4 Å². The van der Waals surface area contributed by atoms with Crippen molar-refractivity contribution in [1.29, 1.82) is 0 Å². The van der Waals surface area contributed by atoms with Crippen LogP contribution in [0.3, 0.4) is 0 Å². The number of amides is 3. The molecule has 3 aliphatic heterocycles. The lowest BCUT2D eigenvalue weighted by Gasteiger charge is -2.46. The maximum absolute atomic E-state index is 13.3. The van der Waals surface area contributed by atoms with Crippen LogP contribution in [-0.4, -0.2) is 103 Å². The number of nitrogens with zero attached hydrogens (tertiary/aromatic N) is 3. The van der Waals surface area contributed by atoms with E-state index in [1.807, 2.05) is 0 Å². The van der Waals surface area contributed by atoms with E-state index in [0.29, 0.717) is 4.91 Å². The van der Waals surface area contributed by atoms with Crippen molar-refractivity contribution in [3.05, 3.63) is 38.8 Å². The smallest absolute Gasteiger partial charge is 0.353 e. The third-order valence-corrected chi connectivity index (χ3v) is 8.47. The SMILES string of the molecule is C[C@@H](O)[C@H]1C(=O)N2C(C(=O)O)=C(S[C@H]3C[C@@H](C(=O)N(C)C)N(C(=O)c4cc(=O)c(O)c[nH]4)C3)[C@H](C)[C@H]12. The summed E-state index contributed by atoms with van der Waals surface area (Å²) in [6.07, 6.45) is 0.316. The number of aromatic hydroxyl groups is 1. The Bertz CT molecular complexity index is 1220. The number of carbonyl (C=O) groups is 4. The Morgan fingerprint density at radius 2 is 1.92 bits per heavy atom. The topological polar surface area (TPSA) is 172 Å². The molecular weight excluding hydrogens is 492 g/mol. The van der Waals surface area contributed by atoms with Gasteiger partial charge in [-0.15, -0.1) is 11.8 Å². The standard InChI is InChI=1S/C23H28N4O8S/c1-9-17-16(10(2)28)22(33)27(17)18(23(34)35)19(9)36-11-5-13(21(32)25(3)4)26(8-11)20(31)12-6-14(29)15(30)7-24-12/h6-7,9-11,13,16-17,28,30H,5,8H2,1-4H3,(H,24,29)(H,34,35)/t9-,10-,11+,13+,16-,17-/m1/s1. The Kier molecular flexibility index (Phi) is 6.64. The van der Waals surface area contributed by atoms with E-state index in [2.05, 4.69) is 4.98 Å². The highest BCUT2D eigenvalue weighted by Gasteiger charge is 2.60. The lowest BCUT2D eigenvalue weighted by Crippen LogP contribution is -2.63. The van der Waals surface area contributed by atoms with Crippen molar-refractivity contribution < 1.29 is 34.5 Å². The minimum atomic E-state index is -1.25. The fourth-order valence-corrected chi connectivity index (χ4v) is 6.76. The number of likely N-dealkylation sites (N-methyl/N-ethyl adjacent to an activating group) is 1.